The Morgan fingerprint density at radius 3 is 2.63 bits per heavy atom. The Labute approximate surface area is 247 Å². The first kappa shape index (κ1) is 27.9. The van der Waals surface area contributed by atoms with Crippen LogP contribution < -0.4 is 19.7 Å². The van der Waals surface area contributed by atoms with Crippen LogP contribution in [0.3, 0.4) is 0 Å². The predicted octanol–water partition coefficient (Wildman–Crippen LogP) is 5.97. The molecule has 2 fully saturated rings. The Kier molecular flexibility index (Phi) is 6.95. The topological polar surface area (TPSA) is 97.2 Å². The van der Waals surface area contributed by atoms with Crippen LogP contribution in [0.25, 0.3) is 5.82 Å². The Balaban J connectivity index is 1.29. The number of anilines is 2. The van der Waals surface area contributed by atoms with Crippen molar-refractivity contribution in [1.29, 1.82) is 0 Å². The first-order valence-electron chi connectivity index (χ1n) is 14.6. The smallest absolute Gasteiger partial charge is 0.265 e. The second-order valence-corrected chi connectivity index (χ2v) is 14.2. The fraction of sp³-hybridized carbons (Fsp3) is 0.548. The van der Waals surface area contributed by atoms with Crippen molar-refractivity contribution >= 4 is 29.5 Å². The highest BCUT2D eigenvalue weighted by atomic mass is 32.2. The summed E-state index contributed by atoms with van der Waals surface area (Å²) in [7, 11) is 0. The van der Waals surface area contributed by atoms with E-state index in [4.69, 9.17) is 9.72 Å². The molecule has 6 rings (SSSR count). The van der Waals surface area contributed by atoms with Gasteiger partial charge in [-0.15, -0.1) is 5.10 Å². The lowest BCUT2D eigenvalue weighted by molar-refractivity contribution is 0.0984. The Bertz CT molecular complexity index is 1440. The average molecular weight is 576 g/mol. The number of hydrogen-bond donors (Lipinski definition) is 2. The zero-order valence-electron chi connectivity index (χ0n) is 24.9. The van der Waals surface area contributed by atoms with Crippen molar-refractivity contribution in [1.82, 2.24) is 24.5 Å². The summed E-state index contributed by atoms with van der Waals surface area (Å²) >= 11 is 1.22. The number of ether oxygens (including phenoxy) is 1. The summed E-state index contributed by atoms with van der Waals surface area (Å²) in [4.78, 5) is 25.6. The number of nitrogens with zero attached hydrogens (tertiary/aromatic N) is 5. The second kappa shape index (κ2) is 10.2. The molecular weight excluding hydrogens is 534 g/mol. The number of nitrogens with one attached hydrogen (secondary N) is 2. The second-order valence-electron chi connectivity index (χ2n) is 13.4. The van der Waals surface area contributed by atoms with Crippen molar-refractivity contribution in [2.45, 2.75) is 71.4 Å². The molecule has 10 heteroatoms. The molecule has 1 saturated carbocycles. The minimum atomic E-state index is -0.197. The van der Waals surface area contributed by atoms with Gasteiger partial charge in [0.25, 0.3) is 5.91 Å². The number of rotatable bonds is 4. The average Bonchev–Trinajstić information content (AvgIpc) is 3.33. The maximum atomic E-state index is 13.6. The largest absolute Gasteiger partial charge is 0.476 e. The molecule has 0 spiro atoms. The number of carbonyl (C=O) groups excluding carboxylic acids is 1. The number of fused-ring (bicyclic) bond motifs is 6. The summed E-state index contributed by atoms with van der Waals surface area (Å²) in [6.45, 7) is 16.0. The van der Waals surface area contributed by atoms with E-state index in [1.54, 1.807) is 4.68 Å². The first-order valence-corrected chi connectivity index (χ1v) is 15.4. The molecule has 2 N–H and O–H groups in total. The molecule has 3 aliphatic rings. The van der Waals surface area contributed by atoms with Gasteiger partial charge >= 0.3 is 0 Å². The van der Waals surface area contributed by atoms with Crippen molar-refractivity contribution in [3.8, 4) is 11.7 Å². The van der Waals surface area contributed by atoms with E-state index in [9.17, 15) is 4.79 Å². The highest BCUT2D eigenvalue weighted by Gasteiger charge is 2.64. The van der Waals surface area contributed by atoms with E-state index < -0.39 is 0 Å². The maximum absolute atomic E-state index is 13.6. The van der Waals surface area contributed by atoms with Gasteiger partial charge in [0.05, 0.1) is 12.2 Å². The molecule has 4 bridgehead atoms. The van der Waals surface area contributed by atoms with Gasteiger partial charge in [-0.2, -0.15) is 0 Å². The van der Waals surface area contributed by atoms with Gasteiger partial charge in [-0.05, 0) is 74.1 Å². The summed E-state index contributed by atoms with van der Waals surface area (Å²) < 4.78 is 10.8. The van der Waals surface area contributed by atoms with E-state index in [-0.39, 0.29) is 22.3 Å². The van der Waals surface area contributed by atoms with E-state index in [2.05, 4.69) is 66.6 Å². The van der Waals surface area contributed by atoms with Crippen LogP contribution in [-0.2, 0) is 0 Å². The fourth-order valence-electron chi connectivity index (χ4n) is 6.66. The molecule has 1 atom stereocenters. The van der Waals surface area contributed by atoms with Gasteiger partial charge in [0.2, 0.25) is 5.88 Å². The van der Waals surface area contributed by atoms with Crippen LogP contribution in [0.5, 0.6) is 5.88 Å². The summed E-state index contributed by atoms with van der Waals surface area (Å²) in [6, 6.07) is 11.4. The van der Waals surface area contributed by atoms with Gasteiger partial charge in [-0.3, -0.25) is 9.52 Å². The maximum Gasteiger partial charge on any atom is 0.265 e. The zero-order chi connectivity index (χ0) is 29.0. The SMILES string of the molecule is CC1(C)CC2CCCNc3cccc(n3)SNC(=O)c3ccc(-n4ccc(OCC5C(C)(C)C5(C)C)n4)nc3N1C2. The molecule has 2 aliphatic heterocycles. The zero-order valence-corrected chi connectivity index (χ0v) is 25.7. The lowest BCUT2D eigenvalue weighted by atomic mass is 9.93. The number of carbonyl (C=O) groups is 1. The third kappa shape index (κ3) is 5.27. The molecule has 1 unspecified atom stereocenters. The normalized spacial score (nSPS) is 23.0. The van der Waals surface area contributed by atoms with Gasteiger partial charge < -0.3 is 15.0 Å². The molecule has 3 aromatic rings. The van der Waals surface area contributed by atoms with Gasteiger partial charge in [-0.25, -0.2) is 14.6 Å². The summed E-state index contributed by atoms with van der Waals surface area (Å²) in [5, 5.41) is 8.85. The van der Waals surface area contributed by atoms with Crippen LogP contribution in [0.2, 0.25) is 0 Å². The molecule has 9 nitrogen and oxygen atoms in total. The first-order chi connectivity index (χ1) is 19.5. The summed E-state index contributed by atoms with van der Waals surface area (Å²) in [6.07, 6.45) is 5.06. The van der Waals surface area contributed by atoms with Gasteiger partial charge in [0, 0.05) is 48.8 Å². The van der Waals surface area contributed by atoms with Crippen LogP contribution >= 0.6 is 11.9 Å². The van der Waals surface area contributed by atoms with Crippen molar-refractivity contribution in [3.63, 3.8) is 0 Å². The summed E-state index contributed by atoms with van der Waals surface area (Å²) in [5.74, 6) is 3.55. The monoisotopic (exact) mass is 575 g/mol. The van der Waals surface area contributed by atoms with E-state index in [1.165, 1.54) is 11.9 Å². The van der Waals surface area contributed by atoms with E-state index >= 15 is 0 Å². The molecule has 1 aliphatic carbocycles. The van der Waals surface area contributed by atoms with Crippen LogP contribution in [0.15, 0.2) is 47.6 Å². The Morgan fingerprint density at radius 1 is 1.05 bits per heavy atom. The van der Waals surface area contributed by atoms with E-state index in [1.807, 2.05) is 42.6 Å². The van der Waals surface area contributed by atoms with Crippen LogP contribution in [-0.4, -0.2) is 50.9 Å². The molecule has 41 heavy (non-hydrogen) atoms. The summed E-state index contributed by atoms with van der Waals surface area (Å²) in [5.41, 5.74) is 0.917. The molecule has 3 aromatic heterocycles. The quantitative estimate of drug-likeness (QED) is 0.367. The van der Waals surface area contributed by atoms with Crippen molar-refractivity contribution < 1.29 is 9.53 Å². The van der Waals surface area contributed by atoms with Crippen molar-refractivity contribution in [3.05, 3.63) is 48.2 Å². The molecule has 218 valence electrons. The molecule has 0 radical (unpaired) electrons. The van der Waals surface area contributed by atoms with Crippen LogP contribution in [0.1, 0.15) is 71.2 Å². The third-order valence-electron chi connectivity index (χ3n) is 9.90. The Hall–Kier alpha value is -3.27. The number of amides is 1. The van der Waals surface area contributed by atoms with Gasteiger partial charge in [-0.1, -0.05) is 33.8 Å². The lowest BCUT2D eigenvalue weighted by Gasteiger charge is -2.34. The standard InChI is InChI=1S/C31H41N7O2S/c1-29(2)17-20-9-8-15-32-23-10-7-11-26(33-23)41-36-28(39)21-12-13-24(34-27(21)37(29)18-20)38-16-14-25(35-38)40-19-22-30(3,4)31(22,5)6/h7,10-14,16,20,22H,8-9,15,17-19H2,1-6H3,(H,32,33)(H,36,39). The highest BCUT2D eigenvalue weighted by molar-refractivity contribution is 7.97. The van der Waals surface area contributed by atoms with Gasteiger partial charge in [0.1, 0.15) is 16.7 Å². The number of pyridine rings is 2. The van der Waals surface area contributed by atoms with E-state index in [0.717, 1.165) is 43.2 Å². The van der Waals surface area contributed by atoms with Crippen molar-refractivity contribution in [2.24, 2.45) is 22.7 Å². The lowest BCUT2D eigenvalue weighted by Crippen LogP contribution is -2.40. The van der Waals surface area contributed by atoms with Crippen LogP contribution in [0, 0.1) is 22.7 Å². The number of aromatic nitrogens is 4. The molecule has 1 amide bonds. The molecule has 5 heterocycles. The molecular formula is C31H41N7O2S. The predicted molar refractivity (Wildman–Crippen MR) is 163 cm³/mol. The van der Waals surface area contributed by atoms with Crippen molar-refractivity contribution in [2.75, 3.05) is 29.9 Å². The highest BCUT2D eigenvalue weighted by Crippen LogP contribution is 2.68. The van der Waals surface area contributed by atoms with Crippen LogP contribution in [0.4, 0.5) is 11.6 Å². The minimum Gasteiger partial charge on any atom is -0.476 e. The molecule has 1 saturated heterocycles. The Morgan fingerprint density at radius 2 is 1.85 bits per heavy atom. The molecule has 0 aromatic carbocycles. The van der Waals surface area contributed by atoms with Gasteiger partial charge in [0.15, 0.2) is 5.82 Å². The van der Waals surface area contributed by atoms with E-state index in [0.29, 0.717) is 41.5 Å². The minimum absolute atomic E-state index is 0.142. The third-order valence-corrected chi connectivity index (χ3v) is 10.6. The fourth-order valence-corrected chi connectivity index (χ4v) is 7.26. The number of hydrogen-bond acceptors (Lipinski definition) is 8.